The van der Waals surface area contributed by atoms with Gasteiger partial charge in [0.2, 0.25) is 0 Å². The quantitative estimate of drug-likeness (QED) is 0.203. The number of aliphatic hydroxyl groups is 2. The van der Waals surface area contributed by atoms with Gasteiger partial charge in [0.15, 0.2) is 5.76 Å². The van der Waals surface area contributed by atoms with E-state index < -0.39 is 0 Å². The van der Waals surface area contributed by atoms with Crippen molar-refractivity contribution in [2.45, 2.75) is 13.2 Å². The number of thiophene rings is 1. The van der Waals surface area contributed by atoms with E-state index in [1.54, 1.807) is 17.4 Å². The smallest absolute Gasteiger partial charge is 0.155 e. The van der Waals surface area contributed by atoms with Gasteiger partial charge in [-0.2, -0.15) is 10.2 Å². The van der Waals surface area contributed by atoms with Gasteiger partial charge in [0, 0.05) is 15.6 Å². The molecular weight excluding hydrogens is 568 g/mol. The predicted molar refractivity (Wildman–Crippen MR) is 175 cm³/mol. The third kappa shape index (κ3) is 5.22. The molecule has 4 aromatic heterocycles. The van der Waals surface area contributed by atoms with Crippen molar-refractivity contribution in [2.75, 3.05) is 0 Å². The highest BCUT2D eigenvalue weighted by Crippen LogP contribution is 2.34. The number of aromatic nitrogens is 4. The van der Waals surface area contributed by atoms with Crippen molar-refractivity contribution in [1.82, 2.24) is 19.6 Å². The van der Waals surface area contributed by atoms with Crippen molar-refractivity contribution in [3.63, 3.8) is 0 Å². The molecule has 0 unspecified atom stereocenters. The predicted octanol–water partition coefficient (Wildman–Crippen LogP) is 8.02. The van der Waals surface area contributed by atoms with Crippen molar-refractivity contribution in [3.8, 4) is 33.4 Å². The first kappa shape index (κ1) is 27.5. The Morgan fingerprint density at radius 3 is 1.64 bits per heavy atom. The van der Waals surface area contributed by atoms with E-state index in [1.165, 1.54) is 0 Å². The van der Waals surface area contributed by atoms with Crippen molar-refractivity contribution in [3.05, 3.63) is 144 Å². The number of rotatable bonds is 6. The Balaban J connectivity index is 0.000000142. The topological polar surface area (TPSA) is 89.2 Å². The number of hydrogen-bond donors (Lipinski definition) is 2. The van der Waals surface area contributed by atoms with E-state index in [1.807, 2.05) is 112 Å². The maximum Gasteiger partial charge on any atom is 0.155 e. The number of nitrogens with zero attached hydrogens (tertiary/aromatic N) is 4. The fourth-order valence-corrected chi connectivity index (χ4v) is 6.08. The molecule has 0 radical (unpaired) electrons. The van der Waals surface area contributed by atoms with Gasteiger partial charge in [-0.15, -0.1) is 11.3 Å². The van der Waals surface area contributed by atoms with Crippen molar-refractivity contribution in [2.24, 2.45) is 0 Å². The van der Waals surface area contributed by atoms with Crippen molar-refractivity contribution >= 4 is 33.1 Å². The van der Waals surface area contributed by atoms with Crippen molar-refractivity contribution in [1.29, 1.82) is 0 Å². The summed E-state index contributed by atoms with van der Waals surface area (Å²) in [7, 11) is 0. The fraction of sp³-hybridized carbons (Fsp3) is 0.0556. The zero-order valence-corrected chi connectivity index (χ0v) is 24.4. The summed E-state index contributed by atoms with van der Waals surface area (Å²) < 4.78 is 9.53. The van der Waals surface area contributed by atoms with Gasteiger partial charge in [0.1, 0.15) is 23.8 Å². The van der Waals surface area contributed by atoms with Crippen LogP contribution in [-0.4, -0.2) is 29.8 Å². The molecule has 0 saturated heterocycles. The Morgan fingerprint density at radius 1 is 0.545 bits per heavy atom. The Bertz CT molecular complexity index is 2000. The number of furan rings is 1. The summed E-state index contributed by atoms with van der Waals surface area (Å²) in [6, 6.07) is 44.0. The molecule has 7 nitrogen and oxygen atoms in total. The molecule has 2 N–H and O–H groups in total. The highest BCUT2D eigenvalue weighted by atomic mass is 32.1. The second-order valence-corrected chi connectivity index (χ2v) is 11.2. The van der Waals surface area contributed by atoms with Crippen LogP contribution in [0.15, 0.2) is 138 Å². The van der Waals surface area contributed by atoms with Crippen LogP contribution in [0.4, 0.5) is 0 Å². The molecule has 0 saturated carbocycles. The molecule has 8 heteroatoms. The fourth-order valence-electron chi connectivity index (χ4n) is 5.21. The normalized spacial score (nSPS) is 11.1. The first-order valence-corrected chi connectivity index (χ1v) is 15.0. The molecule has 0 atom stereocenters. The number of hydrogen-bond acceptors (Lipinski definition) is 6. The van der Waals surface area contributed by atoms with Gasteiger partial charge in [0.05, 0.1) is 33.9 Å². The van der Waals surface area contributed by atoms with E-state index in [0.29, 0.717) is 11.5 Å². The molecule has 0 aliphatic heterocycles. The number of fused-ring (bicyclic) bond motifs is 2. The molecule has 8 aromatic rings. The third-order valence-electron chi connectivity index (χ3n) is 7.28. The van der Waals surface area contributed by atoms with Gasteiger partial charge in [-0.1, -0.05) is 72.8 Å². The number of para-hydroxylation sites is 4. The molecule has 0 amide bonds. The lowest BCUT2D eigenvalue weighted by Crippen LogP contribution is -1.95. The van der Waals surface area contributed by atoms with Crippen LogP contribution in [-0.2, 0) is 13.2 Å². The van der Waals surface area contributed by atoms with E-state index in [0.717, 1.165) is 54.3 Å². The number of aliphatic hydroxyl groups excluding tert-OH is 2. The lowest BCUT2D eigenvalue weighted by molar-refractivity contribution is 0.248. The van der Waals surface area contributed by atoms with Gasteiger partial charge in [-0.25, -0.2) is 9.36 Å². The molecule has 216 valence electrons. The van der Waals surface area contributed by atoms with Crippen LogP contribution < -0.4 is 0 Å². The standard InChI is InChI=1S/C18H14N2O2.C18H14N2OS/c2*21-12-14-10-11-17(22-14)18-15-8-4-5-9-16(15)20(19-18)13-6-2-1-3-7-13/h2*1-11,21H,12H2. The Morgan fingerprint density at radius 2 is 1.09 bits per heavy atom. The van der Waals surface area contributed by atoms with Crippen LogP contribution in [0.2, 0.25) is 0 Å². The van der Waals surface area contributed by atoms with E-state index in [2.05, 4.69) is 24.3 Å². The zero-order valence-electron chi connectivity index (χ0n) is 23.6. The number of benzene rings is 4. The molecule has 0 aliphatic rings. The van der Waals surface area contributed by atoms with Crippen LogP contribution in [0, 0.1) is 0 Å². The van der Waals surface area contributed by atoms with Crippen LogP contribution >= 0.6 is 11.3 Å². The van der Waals surface area contributed by atoms with E-state index in [9.17, 15) is 10.2 Å². The van der Waals surface area contributed by atoms with Gasteiger partial charge in [-0.05, 0) is 60.7 Å². The molecule has 8 rings (SSSR count). The van der Waals surface area contributed by atoms with Crippen LogP contribution in [0.3, 0.4) is 0 Å². The Hall–Kier alpha value is -5.28. The summed E-state index contributed by atoms with van der Waals surface area (Å²) in [5.74, 6) is 1.20. The largest absolute Gasteiger partial charge is 0.457 e. The maximum absolute atomic E-state index is 9.28. The average molecular weight is 597 g/mol. The molecule has 0 fully saturated rings. The summed E-state index contributed by atoms with van der Waals surface area (Å²) in [5.41, 5.74) is 5.89. The monoisotopic (exact) mass is 596 g/mol. The molecule has 0 spiro atoms. The molecular formula is C36H28N4O3S. The van der Waals surface area contributed by atoms with E-state index in [4.69, 9.17) is 14.6 Å². The minimum Gasteiger partial charge on any atom is -0.457 e. The van der Waals surface area contributed by atoms with Gasteiger partial charge >= 0.3 is 0 Å². The van der Waals surface area contributed by atoms with Gasteiger partial charge in [-0.3, -0.25) is 0 Å². The Labute approximate surface area is 257 Å². The summed E-state index contributed by atoms with van der Waals surface area (Å²) in [4.78, 5) is 2.03. The summed E-state index contributed by atoms with van der Waals surface area (Å²) in [6.07, 6.45) is 0. The average Bonchev–Trinajstić information content (AvgIpc) is 3.90. The van der Waals surface area contributed by atoms with Gasteiger partial charge in [0.25, 0.3) is 0 Å². The molecule has 4 heterocycles. The first-order valence-electron chi connectivity index (χ1n) is 14.2. The van der Waals surface area contributed by atoms with E-state index >= 15 is 0 Å². The highest BCUT2D eigenvalue weighted by Gasteiger charge is 2.16. The minimum absolute atomic E-state index is 0.0714. The SMILES string of the molecule is OCc1ccc(-c2nn(-c3ccccc3)c3ccccc23)o1.OCc1ccc(-c2nn(-c3ccccc3)c3ccccc23)s1. The first-order chi connectivity index (χ1) is 21.7. The summed E-state index contributed by atoms with van der Waals surface area (Å²) in [6.45, 7) is -0.0423. The third-order valence-corrected chi connectivity index (χ3v) is 8.35. The molecule has 44 heavy (non-hydrogen) atoms. The van der Waals surface area contributed by atoms with Crippen LogP contribution in [0.5, 0.6) is 0 Å². The van der Waals surface area contributed by atoms with Crippen LogP contribution in [0.1, 0.15) is 10.6 Å². The lowest BCUT2D eigenvalue weighted by Gasteiger charge is -2.02. The Kier molecular flexibility index (Phi) is 7.60. The minimum atomic E-state index is -0.114. The lowest BCUT2D eigenvalue weighted by atomic mass is 10.2. The summed E-state index contributed by atoms with van der Waals surface area (Å²) in [5, 5.41) is 30.1. The van der Waals surface area contributed by atoms with Gasteiger partial charge < -0.3 is 14.6 Å². The van der Waals surface area contributed by atoms with Crippen molar-refractivity contribution < 1.29 is 14.6 Å². The highest BCUT2D eigenvalue weighted by molar-refractivity contribution is 7.15. The second kappa shape index (κ2) is 12.1. The van der Waals surface area contributed by atoms with Crippen LogP contribution in [0.25, 0.3) is 55.2 Å². The summed E-state index contributed by atoms with van der Waals surface area (Å²) >= 11 is 1.58. The zero-order chi connectivity index (χ0) is 29.9. The van der Waals surface area contributed by atoms with E-state index in [-0.39, 0.29) is 13.2 Å². The molecule has 4 aromatic carbocycles. The molecule has 0 aliphatic carbocycles. The maximum atomic E-state index is 9.28. The molecule has 0 bridgehead atoms. The second-order valence-electron chi connectivity index (χ2n) is 10.1.